The highest BCUT2D eigenvalue weighted by molar-refractivity contribution is 7.07. The third-order valence-corrected chi connectivity index (χ3v) is 5.57. The highest BCUT2D eigenvalue weighted by Crippen LogP contribution is 2.28. The number of aryl methyl sites for hydroxylation is 1. The molecule has 0 radical (unpaired) electrons. The molecule has 1 unspecified atom stereocenters. The van der Waals surface area contributed by atoms with Crippen LogP contribution in [0.15, 0.2) is 18.2 Å². The minimum atomic E-state index is -0.638. The molecule has 0 spiro atoms. The number of piperidine rings is 1. The SMILES string of the molecule is Cc1nsc(C(=O)NCc2ccc3c(c2)C(=O)N(C2CCC(=O)NC2=O)C3)n1. The Morgan fingerprint density at radius 2 is 2.18 bits per heavy atom. The summed E-state index contributed by atoms with van der Waals surface area (Å²) in [6.07, 6.45) is 0.549. The lowest BCUT2D eigenvalue weighted by atomic mass is 10.0. The quantitative estimate of drug-likeness (QED) is 0.724. The summed E-state index contributed by atoms with van der Waals surface area (Å²) in [6.45, 7) is 2.29. The van der Waals surface area contributed by atoms with Gasteiger partial charge < -0.3 is 10.2 Å². The zero-order valence-corrected chi connectivity index (χ0v) is 15.8. The van der Waals surface area contributed by atoms with E-state index in [9.17, 15) is 19.2 Å². The highest BCUT2D eigenvalue weighted by atomic mass is 32.1. The maximum Gasteiger partial charge on any atom is 0.282 e. The molecule has 9 nitrogen and oxygen atoms in total. The third-order valence-electron chi connectivity index (χ3n) is 4.77. The molecule has 0 saturated carbocycles. The van der Waals surface area contributed by atoms with E-state index < -0.39 is 11.9 Å². The predicted molar refractivity (Wildman–Crippen MR) is 98.3 cm³/mol. The van der Waals surface area contributed by atoms with E-state index in [1.54, 1.807) is 13.0 Å². The number of carbonyl (C=O) groups is 4. The Hall–Kier alpha value is -3.14. The van der Waals surface area contributed by atoms with Crippen molar-refractivity contribution in [1.82, 2.24) is 24.9 Å². The van der Waals surface area contributed by atoms with Crippen molar-refractivity contribution in [3.63, 3.8) is 0 Å². The molecule has 2 N–H and O–H groups in total. The molecule has 3 heterocycles. The van der Waals surface area contributed by atoms with E-state index in [1.165, 1.54) is 4.90 Å². The van der Waals surface area contributed by atoms with Crippen LogP contribution in [0.5, 0.6) is 0 Å². The lowest BCUT2D eigenvalue weighted by molar-refractivity contribution is -0.136. The summed E-state index contributed by atoms with van der Waals surface area (Å²) in [5.41, 5.74) is 2.11. The Morgan fingerprint density at radius 1 is 1.36 bits per heavy atom. The Bertz CT molecular complexity index is 1000. The van der Waals surface area contributed by atoms with E-state index in [0.29, 0.717) is 29.4 Å². The second-order valence-electron chi connectivity index (χ2n) is 6.72. The van der Waals surface area contributed by atoms with Crippen molar-refractivity contribution in [3.05, 3.63) is 45.7 Å². The minimum absolute atomic E-state index is 0.221. The number of hydrogen-bond donors (Lipinski definition) is 2. The second kappa shape index (κ2) is 7.12. The number of rotatable bonds is 4. The maximum atomic E-state index is 12.8. The van der Waals surface area contributed by atoms with Gasteiger partial charge in [-0.05, 0) is 42.1 Å². The van der Waals surface area contributed by atoms with Crippen LogP contribution in [-0.4, -0.2) is 43.9 Å². The van der Waals surface area contributed by atoms with Crippen molar-refractivity contribution in [1.29, 1.82) is 0 Å². The summed E-state index contributed by atoms with van der Waals surface area (Å²) in [6, 6.07) is 4.76. The van der Waals surface area contributed by atoms with Gasteiger partial charge in [-0.3, -0.25) is 24.5 Å². The van der Waals surface area contributed by atoms with Crippen molar-refractivity contribution in [2.45, 2.75) is 38.9 Å². The Balaban J connectivity index is 1.45. The van der Waals surface area contributed by atoms with Gasteiger partial charge in [0, 0.05) is 25.1 Å². The van der Waals surface area contributed by atoms with Crippen molar-refractivity contribution in [2.24, 2.45) is 0 Å². The molecule has 1 saturated heterocycles. The average Bonchev–Trinajstić information content (AvgIpc) is 3.24. The van der Waals surface area contributed by atoms with Gasteiger partial charge in [-0.15, -0.1) is 0 Å². The molecule has 4 amide bonds. The first kappa shape index (κ1) is 18.2. The van der Waals surface area contributed by atoms with Gasteiger partial charge in [-0.1, -0.05) is 12.1 Å². The molecule has 1 aromatic carbocycles. The Labute approximate surface area is 164 Å². The Morgan fingerprint density at radius 3 is 2.89 bits per heavy atom. The van der Waals surface area contributed by atoms with E-state index >= 15 is 0 Å². The fourth-order valence-electron chi connectivity index (χ4n) is 3.36. The topological polar surface area (TPSA) is 121 Å². The molecular weight excluding hydrogens is 382 g/mol. The van der Waals surface area contributed by atoms with Crippen LogP contribution in [0.3, 0.4) is 0 Å². The molecule has 2 aromatic rings. The van der Waals surface area contributed by atoms with E-state index in [0.717, 1.165) is 22.7 Å². The highest BCUT2D eigenvalue weighted by Gasteiger charge is 2.39. The van der Waals surface area contributed by atoms with Crippen LogP contribution in [0.1, 0.15) is 50.0 Å². The average molecular weight is 399 g/mol. The van der Waals surface area contributed by atoms with Crippen LogP contribution < -0.4 is 10.6 Å². The number of imide groups is 1. The lowest BCUT2D eigenvalue weighted by Gasteiger charge is -2.29. The normalized spacial score (nSPS) is 18.8. The Kier molecular flexibility index (Phi) is 4.63. The molecule has 1 fully saturated rings. The van der Waals surface area contributed by atoms with Gasteiger partial charge >= 0.3 is 0 Å². The fourth-order valence-corrected chi connectivity index (χ4v) is 3.95. The van der Waals surface area contributed by atoms with Crippen LogP contribution in [0.4, 0.5) is 0 Å². The van der Waals surface area contributed by atoms with Crippen LogP contribution in [0, 0.1) is 6.92 Å². The number of nitrogens with one attached hydrogen (secondary N) is 2. The molecule has 28 heavy (non-hydrogen) atoms. The van der Waals surface area contributed by atoms with E-state index in [-0.39, 0.29) is 30.7 Å². The first-order valence-corrected chi connectivity index (χ1v) is 9.54. The molecule has 1 atom stereocenters. The molecule has 2 aliphatic rings. The van der Waals surface area contributed by atoms with Crippen molar-refractivity contribution in [3.8, 4) is 0 Å². The smallest absolute Gasteiger partial charge is 0.282 e. The van der Waals surface area contributed by atoms with Crippen LogP contribution >= 0.6 is 11.5 Å². The van der Waals surface area contributed by atoms with Crippen LogP contribution in [0.2, 0.25) is 0 Å². The number of benzene rings is 1. The minimum Gasteiger partial charge on any atom is -0.346 e. The number of amides is 4. The predicted octanol–water partition coefficient (Wildman–Crippen LogP) is 0.538. The second-order valence-corrected chi connectivity index (χ2v) is 7.47. The van der Waals surface area contributed by atoms with Gasteiger partial charge in [0.25, 0.3) is 11.8 Å². The molecule has 10 heteroatoms. The fraction of sp³-hybridized carbons (Fsp3) is 0.333. The van der Waals surface area contributed by atoms with Crippen LogP contribution in [0.25, 0.3) is 0 Å². The number of hydrogen-bond acceptors (Lipinski definition) is 7. The van der Waals surface area contributed by atoms with Gasteiger partial charge in [0.1, 0.15) is 11.9 Å². The maximum absolute atomic E-state index is 12.8. The zero-order valence-electron chi connectivity index (χ0n) is 15.0. The van der Waals surface area contributed by atoms with Gasteiger partial charge in [0.05, 0.1) is 0 Å². The molecule has 2 aliphatic heterocycles. The summed E-state index contributed by atoms with van der Waals surface area (Å²) in [5.74, 6) is -0.752. The third kappa shape index (κ3) is 3.38. The largest absolute Gasteiger partial charge is 0.346 e. The summed E-state index contributed by atoms with van der Waals surface area (Å²) < 4.78 is 3.98. The number of nitrogens with zero attached hydrogens (tertiary/aromatic N) is 3. The molecule has 0 bridgehead atoms. The van der Waals surface area contributed by atoms with E-state index in [2.05, 4.69) is 20.0 Å². The summed E-state index contributed by atoms with van der Waals surface area (Å²) in [7, 11) is 0. The molecule has 1 aromatic heterocycles. The van der Waals surface area contributed by atoms with Crippen molar-refractivity contribution in [2.75, 3.05) is 0 Å². The van der Waals surface area contributed by atoms with Gasteiger partial charge in [0.2, 0.25) is 16.8 Å². The summed E-state index contributed by atoms with van der Waals surface area (Å²) in [4.78, 5) is 53.9. The van der Waals surface area contributed by atoms with Gasteiger partial charge in [-0.25, -0.2) is 4.98 Å². The number of aromatic nitrogens is 2. The zero-order chi connectivity index (χ0) is 19.8. The lowest BCUT2D eigenvalue weighted by Crippen LogP contribution is -2.52. The van der Waals surface area contributed by atoms with E-state index in [1.807, 2.05) is 12.1 Å². The summed E-state index contributed by atoms with van der Waals surface area (Å²) in [5, 5.41) is 5.34. The summed E-state index contributed by atoms with van der Waals surface area (Å²) >= 11 is 1.03. The molecule has 0 aliphatic carbocycles. The first-order chi connectivity index (χ1) is 13.4. The van der Waals surface area contributed by atoms with Crippen molar-refractivity contribution >= 4 is 35.2 Å². The van der Waals surface area contributed by atoms with E-state index in [4.69, 9.17) is 0 Å². The number of carbonyl (C=O) groups excluding carboxylic acids is 4. The van der Waals surface area contributed by atoms with Gasteiger partial charge in [-0.2, -0.15) is 4.37 Å². The van der Waals surface area contributed by atoms with Crippen LogP contribution in [-0.2, 0) is 22.7 Å². The van der Waals surface area contributed by atoms with Crippen molar-refractivity contribution < 1.29 is 19.2 Å². The van der Waals surface area contributed by atoms with Gasteiger partial charge in [0.15, 0.2) is 0 Å². The molecule has 144 valence electrons. The monoisotopic (exact) mass is 399 g/mol. The molecular formula is C18H17N5O4S. The molecule has 4 rings (SSSR count). The number of fused-ring (bicyclic) bond motifs is 1. The standard InChI is InChI=1S/C18H17N5O4S/c1-9-20-17(28-22-9)16(26)19-7-10-2-3-11-8-23(18(27)12(11)6-10)13-4-5-14(24)21-15(13)25/h2-3,6,13H,4-5,7-8H2,1H3,(H,19,26)(H,21,24,25). The first-order valence-electron chi connectivity index (χ1n) is 8.77.